The van der Waals surface area contributed by atoms with E-state index in [2.05, 4.69) is 33.4 Å². The van der Waals surface area contributed by atoms with Gasteiger partial charge >= 0.3 is 0 Å². The van der Waals surface area contributed by atoms with Crippen molar-refractivity contribution in [3.8, 4) is 11.5 Å². The minimum absolute atomic E-state index is 0.0996. The zero-order valence-electron chi connectivity index (χ0n) is 13.4. The van der Waals surface area contributed by atoms with Crippen molar-refractivity contribution < 1.29 is 14.3 Å². The summed E-state index contributed by atoms with van der Waals surface area (Å²) in [5.74, 6) is 1.11. The van der Waals surface area contributed by atoms with E-state index in [0.29, 0.717) is 12.4 Å². The van der Waals surface area contributed by atoms with Crippen LogP contribution in [-0.4, -0.2) is 25.3 Å². The Bertz CT molecular complexity index is 687. The molecular formula is C18H19BrN2O3. The second kappa shape index (κ2) is 9.72. The highest BCUT2D eigenvalue weighted by Crippen LogP contribution is 2.17. The van der Waals surface area contributed by atoms with Gasteiger partial charge in [0.15, 0.2) is 6.61 Å². The molecule has 0 saturated carbocycles. The summed E-state index contributed by atoms with van der Waals surface area (Å²) in [6, 6.07) is 14.8. The fourth-order valence-corrected chi connectivity index (χ4v) is 2.17. The molecule has 1 N–H and O–H groups in total. The fourth-order valence-electron chi connectivity index (χ4n) is 1.79. The van der Waals surface area contributed by atoms with Crippen LogP contribution in [0, 0.1) is 0 Å². The van der Waals surface area contributed by atoms with Crippen LogP contribution in [0.25, 0.3) is 0 Å². The van der Waals surface area contributed by atoms with Crippen LogP contribution in [0.2, 0.25) is 0 Å². The topological polar surface area (TPSA) is 59.9 Å². The average Bonchev–Trinajstić information content (AvgIpc) is 2.59. The average molecular weight is 391 g/mol. The highest BCUT2D eigenvalue weighted by Gasteiger charge is 2.01. The van der Waals surface area contributed by atoms with E-state index in [4.69, 9.17) is 9.47 Å². The number of nitrogens with zero attached hydrogens (tertiary/aromatic N) is 1. The minimum Gasteiger partial charge on any atom is -0.494 e. The predicted molar refractivity (Wildman–Crippen MR) is 97.6 cm³/mol. The zero-order valence-corrected chi connectivity index (χ0v) is 15.0. The molecule has 0 bridgehead atoms. The first kappa shape index (κ1) is 18.0. The van der Waals surface area contributed by atoms with Crippen LogP contribution >= 0.6 is 15.9 Å². The van der Waals surface area contributed by atoms with E-state index in [1.807, 2.05) is 36.4 Å². The van der Waals surface area contributed by atoms with E-state index in [9.17, 15) is 4.79 Å². The first-order valence-electron chi connectivity index (χ1n) is 7.60. The van der Waals surface area contributed by atoms with Crippen LogP contribution in [0.3, 0.4) is 0 Å². The van der Waals surface area contributed by atoms with E-state index in [1.54, 1.807) is 18.3 Å². The van der Waals surface area contributed by atoms with Crippen molar-refractivity contribution in [2.24, 2.45) is 5.10 Å². The number of hydrogen-bond donors (Lipinski definition) is 1. The maximum absolute atomic E-state index is 11.7. The molecule has 0 aromatic heterocycles. The van der Waals surface area contributed by atoms with Crippen molar-refractivity contribution in [3.05, 3.63) is 58.6 Å². The molecule has 0 aliphatic heterocycles. The van der Waals surface area contributed by atoms with Crippen molar-refractivity contribution in [1.29, 1.82) is 0 Å². The maximum atomic E-state index is 11.7. The number of rotatable bonds is 8. The van der Waals surface area contributed by atoms with Crippen LogP contribution < -0.4 is 14.9 Å². The monoisotopic (exact) mass is 390 g/mol. The number of hydrazone groups is 1. The molecule has 0 aliphatic carbocycles. The van der Waals surface area contributed by atoms with E-state index in [0.717, 1.165) is 22.2 Å². The Morgan fingerprint density at radius 2 is 1.96 bits per heavy atom. The Kier molecular flexibility index (Phi) is 7.29. The van der Waals surface area contributed by atoms with E-state index in [1.165, 1.54) is 0 Å². The standard InChI is InChI=1S/C18H19BrN2O3/c1-2-10-23-16-8-6-14(7-9-16)12-20-21-18(22)13-24-17-5-3-4-15(19)11-17/h3-9,11-12H,2,10,13H2,1H3,(H,21,22). The van der Waals surface area contributed by atoms with Gasteiger partial charge < -0.3 is 9.47 Å². The van der Waals surface area contributed by atoms with Gasteiger partial charge in [0.1, 0.15) is 11.5 Å². The first-order valence-corrected chi connectivity index (χ1v) is 8.40. The van der Waals surface area contributed by atoms with Gasteiger partial charge in [0.2, 0.25) is 0 Å². The Morgan fingerprint density at radius 1 is 1.17 bits per heavy atom. The Morgan fingerprint density at radius 3 is 2.67 bits per heavy atom. The summed E-state index contributed by atoms with van der Waals surface area (Å²) in [4.78, 5) is 11.7. The summed E-state index contributed by atoms with van der Waals surface area (Å²) >= 11 is 3.34. The molecule has 0 heterocycles. The molecule has 2 rings (SSSR count). The number of amides is 1. The number of nitrogens with one attached hydrogen (secondary N) is 1. The highest BCUT2D eigenvalue weighted by molar-refractivity contribution is 9.10. The van der Waals surface area contributed by atoms with Crippen molar-refractivity contribution in [3.63, 3.8) is 0 Å². The number of benzene rings is 2. The zero-order chi connectivity index (χ0) is 17.2. The van der Waals surface area contributed by atoms with E-state index < -0.39 is 0 Å². The van der Waals surface area contributed by atoms with E-state index in [-0.39, 0.29) is 12.5 Å². The maximum Gasteiger partial charge on any atom is 0.277 e. The Balaban J connectivity index is 1.75. The molecule has 6 heteroatoms. The molecule has 0 radical (unpaired) electrons. The number of hydrogen-bond acceptors (Lipinski definition) is 4. The second-order valence-corrected chi connectivity index (χ2v) is 5.87. The Labute approximate surface area is 149 Å². The molecular weight excluding hydrogens is 372 g/mol. The van der Waals surface area contributed by atoms with E-state index >= 15 is 0 Å². The lowest BCUT2D eigenvalue weighted by Gasteiger charge is -2.05. The smallest absolute Gasteiger partial charge is 0.277 e. The summed E-state index contributed by atoms with van der Waals surface area (Å²) in [6.07, 6.45) is 2.54. The second-order valence-electron chi connectivity index (χ2n) is 4.96. The van der Waals surface area contributed by atoms with Gasteiger partial charge in [-0.15, -0.1) is 0 Å². The van der Waals surface area contributed by atoms with Crippen molar-refractivity contribution >= 4 is 28.1 Å². The molecule has 2 aromatic rings. The van der Waals surface area contributed by atoms with Crippen molar-refractivity contribution in [2.45, 2.75) is 13.3 Å². The fraction of sp³-hybridized carbons (Fsp3) is 0.222. The van der Waals surface area contributed by atoms with Crippen LogP contribution in [0.4, 0.5) is 0 Å². The number of halogens is 1. The third-order valence-corrected chi connectivity index (χ3v) is 3.42. The third kappa shape index (κ3) is 6.42. The number of carbonyl (C=O) groups is 1. The van der Waals surface area contributed by atoms with Crippen LogP contribution in [0.15, 0.2) is 58.1 Å². The lowest BCUT2D eigenvalue weighted by Crippen LogP contribution is -2.24. The molecule has 0 aliphatic rings. The molecule has 1 amide bonds. The lowest BCUT2D eigenvalue weighted by molar-refractivity contribution is -0.123. The summed E-state index contributed by atoms with van der Waals surface area (Å²) in [5.41, 5.74) is 3.30. The highest BCUT2D eigenvalue weighted by atomic mass is 79.9. The molecule has 0 fully saturated rings. The molecule has 0 saturated heterocycles. The number of ether oxygens (including phenoxy) is 2. The van der Waals surface area contributed by atoms with Gasteiger partial charge in [-0.2, -0.15) is 5.10 Å². The van der Waals surface area contributed by atoms with Gasteiger partial charge in [0, 0.05) is 4.47 Å². The lowest BCUT2D eigenvalue weighted by atomic mass is 10.2. The summed E-state index contributed by atoms with van der Waals surface area (Å²) < 4.78 is 11.8. The SMILES string of the molecule is CCCOc1ccc(C=NNC(=O)COc2cccc(Br)c2)cc1. The van der Waals surface area contributed by atoms with Gasteiger partial charge in [-0.1, -0.05) is 28.9 Å². The molecule has 126 valence electrons. The molecule has 5 nitrogen and oxygen atoms in total. The molecule has 0 spiro atoms. The largest absolute Gasteiger partial charge is 0.494 e. The molecule has 0 atom stereocenters. The van der Waals surface area contributed by atoms with Gasteiger partial charge in [-0.05, 0) is 54.4 Å². The predicted octanol–water partition coefficient (Wildman–Crippen LogP) is 3.77. The quantitative estimate of drug-likeness (QED) is 0.551. The summed E-state index contributed by atoms with van der Waals surface area (Å²) in [7, 11) is 0. The van der Waals surface area contributed by atoms with Gasteiger partial charge in [0.05, 0.1) is 12.8 Å². The van der Waals surface area contributed by atoms with Gasteiger partial charge in [-0.3, -0.25) is 4.79 Å². The van der Waals surface area contributed by atoms with Crippen molar-refractivity contribution in [1.82, 2.24) is 5.43 Å². The van der Waals surface area contributed by atoms with Crippen molar-refractivity contribution in [2.75, 3.05) is 13.2 Å². The minimum atomic E-state index is -0.325. The third-order valence-electron chi connectivity index (χ3n) is 2.92. The van der Waals surface area contributed by atoms with Gasteiger partial charge in [0.25, 0.3) is 5.91 Å². The molecule has 24 heavy (non-hydrogen) atoms. The molecule has 2 aromatic carbocycles. The number of carbonyl (C=O) groups excluding carboxylic acids is 1. The van der Waals surface area contributed by atoms with Gasteiger partial charge in [-0.25, -0.2) is 5.43 Å². The molecule has 0 unspecified atom stereocenters. The van der Waals surface area contributed by atoms with Crippen LogP contribution in [0.1, 0.15) is 18.9 Å². The summed E-state index contributed by atoms with van der Waals surface area (Å²) in [6.45, 7) is 2.66. The normalized spacial score (nSPS) is 10.6. The Hall–Kier alpha value is -2.34. The van der Waals surface area contributed by atoms with Crippen LogP contribution in [0.5, 0.6) is 11.5 Å². The first-order chi connectivity index (χ1) is 11.7. The summed E-state index contributed by atoms with van der Waals surface area (Å²) in [5, 5.41) is 3.91. The van der Waals surface area contributed by atoms with Crippen LogP contribution in [-0.2, 0) is 4.79 Å².